The molecule has 10 heteroatoms. The van der Waals surface area contributed by atoms with Gasteiger partial charge in [-0.25, -0.2) is 9.78 Å². The molecule has 0 aliphatic carbocycles. The van der Waals surface area contributed by atoms with Crippen molar-refractivity contribution in [2.75, 3.05) is 18.0 Å². The van der Waals surface area contributed by atoms with Crippen molar-refractivity contribution in [1.82, 2.24) is 20.6 Å². The number of aromatic amines is 1. The molecular formula is C27H29N5O5. The summed E-state index contributed by atoms with van der Waals surface area (Å²) in [5, 5.41) is 15.0. The highest BCUT2D eigenvalue weighted by Gasteiger charge is 2.22. The molecule has 2 aromatic carbocycles. The predicted molar refractivity (Wildman–Crippen MR) is 140 cm³/mol. The number of carboxylic acid groups (broad SMARTS) is 1. The van der Waals surface area contributed by atoms with Crippen LogP contribution in [0.2, 0.25) is 0 Å². The lowest BCUT2D eigenvalue weighted by molar-refractivity contribution is -0.139. The number of hydrogen-bond donors (Lipinski definition) is 4. The first kappa shape index (κ1) is 26.9. The van der Waals surface area contributed by atoms with Gasteiger partial charge in [-0.2, -0.15) is 0 Å². The van der Waals surface area contributed by atoms with Crippen molar-refractivity contribution >= 4 is 34.4 Å². The highest BCUT2D eigenvalue weighted by molar-refractivity contribution is 5.97. The minimum Gasteiger partial charge on any atom is -0.480 e. The number of terminal acetylenes is 1. The Bertz CT molecular complexity index is 1390. The minimum atomic E-state index is -1.21. The molecule has 0 radical (unpaired) electrons. The van der Waals surface area contributed by atoms with Crippen LogP contribution >= 0.6 is 0 Å². The summed E-state index contributed by atoms with van der Waals surface area (Å²) in [7, 11) is 0. The van der Waals surface area contributed by atoms with Crippen molar-refractivity contribution in [3.63, 3.8) is 0 Å². The third kappa shape index (κ3) is 7.18. The van der Waals surface area contributed by atoms with E-state index in [-0.39, 0.29) is 36.4 Å². The van der Waals surface area contributed by atoms with E-state index >= 15 is 0 Å². The summed E-state index contributed by atoms with van der Waals surface area (Å²) in [5.74, 6) is 1.11. The number of rotatable bonds is 11. The van der Waals surface area contributed by atoms with Gasteiger partial charge in [0.1, 0.15) is 11.9 Å². The van der Waals surface area contributed by atoms with Crippen LogP contribution in [0.15, 0.2) is 47.3 Å². The first-order valence-corrected chi connectivity index (χ1v) is 11.8. The SMILES string of the molecule is C#CCN(Cc1ccc2nc(C)[nH]c(=O)c2c1)c1ccc(C(=O)N[C@@H](CCC(=O)NCC)C(=O)O)cc1. The van der Waals surface area contributed by atoms with Gasteiger partial charge in [0.25, 0.3) is 11.5 Å². The summed E-state index contributed by atoms with van der Waals surface area (Å²) >= 11 is 0. The second kappa shape index (κ2) is 12.4. The average Bonchev–Trinajstić information content (AvgIpc) is 2.86. The molecule has 2 amide bonds. The van der Waals surface area contributed by atoms with E-state index in [4.69, 9.17) is 6.42 Å². The van der Waals surface area contributed by atoms with E-state index in [2.05, 4.69) is 26.5 Å². The Kier molecular flexibility index (Phi) is 9.00. The Morgan fingerprint density at radius 1 is 1.19 bits per heavy atom. The third-order valence-corrected chi connectivity index (χ3v) is 5.68. The van der Waals surface area contributed by atoms with Crippen molar-refractivity contribution in [2.45, 2.75) is 39.3 Å². The van der Waals surface area contributed by atoms with Crippen molar-refractivity contribution in [2.24, 2.45) is 0 Å². The monoisotopic (exact) mass is 503 g/mol. The minimum absolute atomic E-state index is 0.0125. The molecule has 192 valence electrons. The molecule has 0 aliphatic rings. The van der Waals surface area contributed by atoms with Gasteiger partial charge in [0.15, 0.2) is 0 Å². The Morgan fingerprint density at radius 2 is 1.92 bits per heavy atom. The zero-order chi connectivity index (χ0) is 26.9. The van der Waals surface area contributed by atoms with Crippen molar-refractivity contribution in [3.8, 4) is 12.3 Å². The fourth-order valence-corrected chi connectivity index (χ4v) is 3.85. The molecule has 0 aliphatic heterocycles. The number of carboxylic acids is 1. The van der Waals surface area contributed by atoms with Crippen LogP contribution in [0.25, 0.3) is 10.9 Å². The fourth-order valence-electron chi connectivity index (χ4n) is 3.85. The quantitative estimate of drug-likeness (QED) is 0.293. The molecule has 0 saturated heterocycles. The van der Waals surface area contributed by atoms with Crippen molar-refractivity contribution in [3.05, 3.63) is 69.8 Å². The maximum atomic E-state index is 12.6. The van der Waals surface area contributed by atoms with Crippen LogP contribution in [0.4, 0.5) is 5.69 Å². The van der Waals surface area contributed by atoms with Gasteiger partial charge in [-0.3, -0.25) is 14.4 Å². The van der Waals surface area contributed by atoms with Gasteiger partial charge in [0.05, 0.1) is 17.4 Å². The smallest absolute Gasteiger partial charge is 0.326 e. The summed E-state index contributed by atoms with van der Waals surface area (Å²) in [6, 6.07) is 10.8. The van der Waals surface area contributed by atoms with E-state index in [9.17, 15) is 24.3 Å². The molecule has 1 atom stereocenters. The van der Waals surface area contributed by atoms with E-state index in [0.717, 1.165) is 11.3 Å². The number of aliphatic carboxylic acids is 1. The molecule has 3 aromatic rings. The van der Waals surface area contributed by atoms with Gasteiger partial charge in [-0.15, -0.1) is 6.42 Å². The molecule has 0 saturated carbocycles. The molecule has 3 rings (SSSR count). The number of nitrogens with zero attached hydrogens (tertiary/aromatic N) is 2. The first-order valence-electron chi connectivity index (χ1n) is 11.8. The number of aryl methyl sites for hydroxylation is 1. The fraction of sp³-hybridized carbons (Fsp3) is 0.296. The second-order valence-electron chi connectivity index (χ2n) is 8.47. The second-order valence-corrected chi connectivity index (χ2v) is 8.47. The first-order chi connectivity index (χ1) is 17.7. The largest absolute Gasteiger partial charge is 0.480 e. The highest BCUT2D eigenvalue weighted by atomic mass is 16.4. The topological polar surface area (TPSA) is 144 Å². The molecule has 0 spiro atoms. The van der Waals surface area contributed by atoms with Crippen LogP contribution in [0.5, 0.6) is 0 Å². The zero-order valence-corrected chi connectivity index (χ0v) is 20.7. The Labute approximate surface area is 214 Å². The van der Waals surface area contributed by atoms with Crippen LogP contribution in [-0.2, 0) is 16.1 Å². The van der Waals surface area contributed by atoms with E-state index in [0.29, 0.717) is 29.8 Å². The van der Waals surface area contributed by atoms with Gasteiger partial charge in [-0.05, 0) is 62.2 Å². The van der Waals surface area contributed by atoms with Crippen LogP contribution in [0.3, 0.4) is 0 Å². The van der Waals surface area contributed by atoms with Crippen molar-refractivity contribution < 1.29 is 19.5 Å². The molecule has 4 N–H and O–H groups in total. The predicted octanol–water partition coefficient (Wildman–Crippen LogP) is 1.97. The highest BCUT2D eigenvalue weighted by Crippen LogP contribution is 2.20. The van der Waals surface area contributed by atoms with E-state index in [1.807, 2.05) is 11.0 Å². The Balaban J connectivity index is 1.72. The maximum absolute atomic E-state index is 12.6. The number of benzene rings is 2. The number of hydrogen-bond acceptors (Lipinski definition) is 6. The number of H-pyrrole nitrogens is 1. The van der Waals surface area contributed by atoms with Gasteiger partial charge >= 0.3 is 5.97 Å². The van der Waals surface area contributed by atoms with Crippen LogP contribution in [-0.4, -0.2) is 52.0 Å². The number of nitrogens with one attached hydrogen (secondary N) is 3. The molecule has 10 nitrogen and oxygen atoms in total. The molecule has 37 heavy (non-hydrogen) atoms. The average molecular weight is 504 g/mol. The molecule has 0 fully saturated rings. The number of carbonyl (C=O) groups is 3. The molecule has 1 heterocycles. The van der Waals surface area contributed by atoms with E-state index in [1.165, 1.54) is 0 Å². The van der Waals surface area contributed by atoms with Crippen LogP contribution in [0, 0.1) is 19.3 Å². The van der Waals surface area contributed by atoms with Crippen LogP contribution in [0.1, 0.15) is 41.5 Å². The summed E-state index contributed by atoms with van der Waals surface area (Å²) in [6.07, 6.45) is 5.54. The summed E-state index contributed by atoms with van der Waals surface area (Å²) in [5.41, 5.74) is 2.27. The molecule has 0 unspecified atom stereocenters. The van der Waals surface area contributed by atoms with Crippen molar-refractivity contribution in [1.29, 1.82) is 0 Å². The number of anilines is 1. The lowest BCUT2D eigenvalue weighted by Gasteiger charge is -2.23. The maximum Gasteiger partial charge on any atom is 0.326 e. The molecular weight excluding hydrogens is 474 g/mol. The number of aromatic nitrogens is 2. The Morgan fingerprint density at radius 3 is 2.57 bits per heavy atom. The van der Waals surface area contributed by atoms with Gasteiger partial charge in [-0.1, -0.05) is 12.0 Å². The summed E-state index contributed by atoms with van der Waals surface area (Å²) < 4.78 is 0. The van der Waals surface area contributed by atoms with Gasteiger partial charge in [0, 0.05) is 30.8 Å². The van der Waals surface area contributed by atoms with Gasteiger partial charge < -0.3 is 25.6 Å². The summed E-state index contributed by atoms with van der Waals surface area (Å²) in [6.45, 7) is 4.64. The molecule has 1 aromatic heterocycles. The summed E-state index contributed by atoms with van der Waals surface area (Å²) in [4.78, 5) is 57.1. The van der Waals surface area contributed by atoms with E-state index in [1.54, 1.807) is 50.2 Å². The molecule has 0 bridgehead atoms. The third-order valence-electron chi connectivity index (χ3n) is 5.68. The Hall–Kier alpha value is -4.65. The van der Waals surface area contributed by atoms with Crippen LogP contribution < -0.4 is 21.1 Å². The van der Waals surface area contributed by atoms with E-state index < -0.39 is 17.9 Å². The lowest BCUT2D eigenvalue weighted by Crippen LogP contribution is -2.41. The lowest BCUT2D eigenvalue weighted by atomic mass is 10.1. The number of carbonyl (C=O) groups excluding carboxylic acids is 2. The standard InChI is InChI=1S/C27H29N5O5/c1-4-14-32(16-18-6-11-22-21(15-18)26(35)30-17(3)29-22)20-9-7-19(8-10-20)25(34)31-23(27(36)37)12-13-24(33)28-5-2/h1,6-11,15,23H,5,12-14,16H2,2-3H3,(H,28,33)(H,31,34)(H,36,37)(H,29,30,35)/t23-/m0/s1. The number of amides is 2. The number of fused-ring (bicyclic) bond motifs is 1. The zero-order valence-electron chi connectivity index (χ0n) is 20.7. The normalized spacial score (nSPS) is 11.4. The van der Waals surface area contributed by atoms with Gasteiger partial charge in [0.2, 0.25) is 5.91 Å².